The van der Waals surface area contributed by atoms with E-state index in [9.17, 15) is 0 Å². The maximum Gasteiger partial charge on any atom is 0.0444 e. The number of rotatable bonds is 0. The Hall–Kier alpha value is -1.02. The molecule has 0 spiro atoms. The van der Waals surface area contributed by atoms with Crippen LogP contribution in [0.15, 0.2) is 18.2 Å². The van der Waals surface area contributed by atoms with Crippen molar-refractivity contribution in [2.45, 2.75) is 39.7 Å². The number of aryl methyl sites for hydroxylation is 1. The van der Waals surface area contributed by atoms with E-state index in [0.717, 1.165) is 13.1 Å². The topological polar surface area (TPSA) is 15.3 Å². The number of hydrogen-bond acceptors (Lipinski definition) is 2. The van der Waals surface area contributed by atoms with Gasteiger partial charge in [-0.25, -0.2) is 0 Å². The number of hydrogen-bond donors (Lipinski definition) is 1. The molecule has 2 heteroatoms. The van der Waals surface area contributed by atoms with Crippen LogP contribution in [0.25, 0.3) is 0 Å². The van der Waals surface area contributed by atoms with Gasteiger partial charge in [-0.2, -0.15) is 0 Å². The highest BCUT2D eigenvalue weighted by Crippen LogP contribution is 2.31. The number of nitrogens with zero attached hydrogens (tertiary/aromatic N) is 1. The van der Waals surface area contributed by atoms with E-state index in [-0.39, 0.29) is 0 Å². The molecule has 1 aromatic rings. The lowest BCUT2D eigenvalue weighted by Gasteiger charge is -2.31. The molecular formula is C15H24N2. The third-order valence-corrected chi connectivity index (χ3v) is 3.27. The average Bonchev–Trinajstić information content (AvgIpc) is 2.55. The van der Waals surface area contributed by atoms with Gasteiger partial charge in [0.1, 0.15) is 0 Å². The van der Waals surface area contributed by atoms with Crippen LogP contribution in [-0.2, 0) is 13.0 Å². The minimum absolute atomic E-state index is 1.04. The first-order valence-electron chi connectivity index (χ1n) is 6.93. The van der Waals surface area contributed by atoms with E-state index in [1.165, 1.54) is 43.6 Å². The third kappa shape index (κ3) is 2.81. The molecule has 0 aliphatic carbocycles. The van der Waals surface area contributed by atoms with Crippen LogP contribution in [0.2, 0.25) is 0 Å². The van der Waals surface area contributed by atoms with Crippen molar-refractivity contribution < 1.29 is 0 Å². The van der Waals surface area contributed by atoms with Crippen LogP contribution in [0.1, 0.15) is 37.8 Å². The van der Waals surface area contributed by atoms with E-state index in [4.69, 9.17) is 0 Å². The Bertz CT molecular complexity index is 360. The lowest BCUT2D eigenvalue weighted by Crippen LogP contribution is -2.32. The summed E-state index contributed by atoms with van der Waals surface area (Å²) in [5, 5.41) is 3.48. The Morgan fingerprint density at radius 2 is 1.94 bits per heavy atom. The maximum atomic E-state index is 3.48. The van der Waals surface area contributed by atoms with Crippen LogP contribution in [0.3, 0.4) is 0 Å². The summed E-state index contributed by atoms with van der Waals surface area (Å²) in [5.74, 6) is 0. The van der Waals surface area contributed by atoms with Crippen molar-refractivity contribution in [1.29, 1.82) is 0 Å². The van der Waals surface area contributed by atoms with Crippen molar-refractivity contribution in [3.63, 3.8) is 0 Å². The first kappa shape index (κ1) is 12.4. The molecular weight excluding hydrogens is 208 g/mol. The van der Waals surface area contributed by atoms with Crippen molar-refractivity contribution in [2.24, 2.45) is 0 Å². The fourth-order valence-electron chi connectivity index (χ4n) is 2.63. The fourth-order valence-corrected chi connectivity index (χ4v) is 2.63. The maximum absolute atomic E-state index is 3.48. The summed E-state index contributed by atoms with van der Waals surface area (Å²) in [6, 6.07) is 6.75. The highest BCUT2D eigenvalue weighted by Gasteiger charge is 2.21. The van der Waals surface area contributed by atoms with Gasteiger partial charge in [-0.1, -0.05) is 38.5 Å². The Morgan fingerprint density at radius 1 is 1.18 bits per heavy atom. The first-order valence-corrected chi connectivity index (χ1v) is 6.93. The van der Waals surface area contributed by atoms with Gasteiger partial charge in [-0.15, -0.1) is 0 Å². The van der Waals surface area contributed by atoms with Gasteiger partial charge in [-0.3, -0.25) is 0 Å². The quantitative estimate of drug-likeness (QED) is 0.740. The van der Waals surface area contributed by atoms with Gasteiger partial charge in [-0.05, 0) is 24.0 Å². The van der Waals surface area contributed by atoms with Crippen LogP contribution in [0.4, 0.5) is 5.69 Å². The minimum Gasteiger partial charge on any atom is -0.370 e. The smallest absolute Gasteiger partial charge is 0.0444 e. The Kier molecular flexibility index (Phi) is 4.43. The lowest BCUT2D eigenvalue weighted by molar-refractivity contribution is 0.661. The molecule has 0 amide bonds. The standard InChI is InChI=1S/C12H16N2.C3H8/c1-3-10-5-2-7-14-8-6-13-9-11(4-1)12(10)14;1-3-2/h1,3-4,13H,2,5-9H2;3H2,1-2H3. The molecule has 0 bridgehead atoms. The van der Waals surface area contributed by atoms with Crippen LogP contribution < -0.4 is 10.2 Å². The summed E-state index contributed by atoms with van der Waals surface area (Å²) >= 11 is 0. The van der Waals surface area contributed by atoms with Crippen molar-refractivity contribution >= 4 is 5.69 Å². The van der Waals surface area contributed by atoms with E-state index in [1.807, 2.05) is 0 Å². The predicted molar refractivity (Wildman–Crippen MR) is 74.6 cm³/mol. The molecule has 1 aromatic carbocycles. The van der Waals surface area contributed by atoms with E-state index in [1.54, 1.807) is 5.56 Å². The molecule has 2 aliphatic rings. The molecule has 1 N–H and O–H groups in total. The summed E-state index contributed by atoms with van der Waals surface area (Å²) < 4.78 is 0. The third-order valence-electron chi connectivity index (χ3n) is 3.27. The van der Waals surface area contributed by atoms with Gasteiger partial charge in [0, 0.05) is 31.9 Å². The summed E-state index contributed by atoms with van der Waals surface area (Å²) in [6.07, 6.45) is 3.83. The molecule has 2 aliphatic heterocycles. The van der Waals surface area contributed by atoms with Crippen molar-refractivity contribution in [2.75, 3.05) is 24.5 Å². The van der Waals surface area contributed by atoms with Crippen LogP contribution in [0.5, 0.6) is 0 Å². The molecule has 0 atom stereocenters. The van der Waals surface area contributed by atoms with Gasteiger partial charge in [0.05, 0.1) is 0 Å². The monoisotopic (exact) mass is 232 g/mol. The molecule has 0 unspecified atom stereocenters. The van der Waals surface area contributed by atoms with Crippen molar-refractivity contribution in [3.8, 4) is 0 Å². The summed E-state index contributed by atoms with van der Waals surface area (Å²) in [7, 11) is 0. The number of benzene rings is 1. The lowest BCUT2D eigenvalue weighted by atomic mass is 9.98. The molecule has 0 saturated heterocycles. The molecule has 3 rings (SSSR count). The van der Waals surface area contributed by atoms with E-state index in [0.29, 0.717) is 0 Å². The Morgan fingerprint density at radius 3 is 2.76 bits per heavy atom. The normalized spacial score (nSPS) is 17.6. The highest BCUT2D eigenvalue weighted by atomic mass is 15.2. The van der Waals surface area contributed by atoms with Gasteiger partial charge in [0.2, 0.25) is 0 Å². The van der Waals surface area contributed by atoms with E-state index < -0.39 is 0 Å². The van der Waals surface area contributed by atoms with Crippen molar-refractivity contribution in [3.05, 3.63) is 29.3 Å². The highest BCUT2D eigenvalue weighted by molar-refractivity contribution is 5.61. The van der Waals surface area contributed by atoms with Gasteiger partial charge in [0.25, 0.3) is 0 Å². The van der Waals surface area contributed by atoms with Crippen LogP contribution in [0, 0.1) is 0 Å². The molecule has 0 fully saturated rings. The van der Waals surface area contributed by atoms with Crippen LogP contribution >= 0.6 is 0 Å². The molecule has 0 radical (unpaired) electrons. The second-order valence-corrected chi connectivity index (χ2v) is 4.90. The second kappa shape index (κ2) is 6.06. The van der Waals surface area contributed by atoms with Gasteiger partial charge >= 0.3 is 0 Å². The molecule has 94 valence electrons. The Labute approximate surface area is 105 Å². The molecule has 2 heterocycles. The number of anilines is 1. The first-order chi connectivity index (χ1) is 8.36. The predicted octanol–water partition coefficient (Wildman–Crippen LogP) is 2.96. The number of nitrogens with one attached hydrogen (secondary N) is 1. The van der Waals surface area contributed by atoms with Gasteiger partial charge in [0.15, 0.2) is 0 Å². The second-order valence-electron chi connectivity index (χ2n) is 4.90. The zero-order chi connectivity index (χ0) is 12.1. The zero-order valence-corrected chi connectivity index (χ0v) is 11.1. The van der Waals surface area contributed by atoms with Crippen LogP contribution in [-0.4, -0.2) is 19.6 Å². The average molecular weight is 232 g/mol. The summed E-state index contributed by atoms with van der Waals surface area (Å²) in [6.45, 7) is 8.82. The molecule has 2 nitrogen and oxygen atoms in total. The molecule has 0 aromatic heterocycles. The van der Waals surface area contributed by atoms with Gasteiger partial charge < -0.3 is 10.2 Å². The molecule has 17 heavy (non-hydrogen) atoms. The zero-order valence-electron chi connectivity index (χ0n) is 11.1. The van der Waals surface area contributed by atoms with E-state index >= 15 is 0 Å². The largest absolute Gasteiger partial charge is 0.370 e. The summed E-state index contributed by atoms with van der Waals surface area (Å²) in [4.78, 5) is 2.55. The SMILES string of the molecule is CCC.c1cc2c3c(c1)CNCCN3CCC2. The minimum atomic E-state index is 1.04. The fraction of sp³-hybridized carbons (Fsp3) is 0.600. The van der Waals surface area contributed by atoms with Crippen molar-refractivity contribution in [1.82, 2.24) is 5.32 Å². The summed E-state index contributed by atoms with van der Waals surface area (Å²) in [5.41, 5.74) is 4.57. The Balaban J connectivity index is 0.000000329. The van der Waals surface area contributed by atoms with E-state index in [2.05, 4.69) is 42.3 Å². The number of para-hydroxylation sites is 1. The molecule has 0 saturated carbocycles.